The molecule has 0 aliphatic rings. The van der Waals surface area contributed by atoms with Gasteiger partial charge in [0.2, 0.25) is 0 Å². The third-order valence-electron chi connectivity index (χ3n) is 1.95. The molecule has 2 nitrogen and oxygen atoms in total. The highest BCUT2D eigenvalue weighted by Gasteiger charge is 2.10. The summed E-state index contributed by atoms with van der Waals surface area (Å²) in [6.45, 7) is 2.00. The average molecular weight is 228 g/mol. The molecule has 2 aromatic rings. The minimum absolute atomic E-state index is 0.640. The van der Waals surface area contributed by atoms with E-state index in [-0.39, 0.29) is 0 Å². The normalized spacial score (nSPS) is 10.7. The van der Waals surface area contributed by atoms with Crippen LogP contribution in [0, 0.1) is 6.92 Å². The molecule has 14 heavy (non-hydrogen) atoms. The van der Waals surface area contributed by atoms with Crippen molar-refractivity contribution in [3.05, 3.63) is 29.0 Å². The molecule has 2 heterocycles. The van der Waals surface area contributed by atoms with Crippen molar-refractivity contribution in [3.63, 3.8) is 0 Å². The molecule has 0 aliphatic carbocycles. The summed E-state index contributed by atoms with van der Waals surface area (Å²) in [6, 6.07) is 3.79. The molecular weight excluding hydrogens is 218 g/mol. The SMILES string of the molecule is Cc1nc(-c2ccco2)sc1CCCl. The van der Waals surface area contributed by atoms with Gasteiger partial charge in [-0.2, -0.15) is 0 Å². The van der Waals surface area contributed by atoms with Crippen molar-refractivity contribution in [2.75, 3.05) is 5.88 Å². The molecule has 0 unspecified atom stereocenters. The number of thiazole rings is 1. The van der Waals surface area contributed by atoms with Crippen LogP contribution in [-0.2, 0) is 6.42 Å². The maximum Gasteiger partial charge on any atom is 0.162 e. The zero-order valence-corrected chi connectivity index (χ0v) is 9.36. The van der Waals surface area contributed by atoms with Gasteiger partial charge in [-0.25, -0.2) is 4.98 Å². The zero-order chi connectivity index (χ0) is 9.97. The lowest BCUT2D eigenvalue weighted by molar-refractivity contribution is 0.581. The molecule has 2 aromatic heterocycles. The minimum Gasteiger partial charge on any atom is -0.462 e. The van der Waals surface area contributed by atoms with Crippen molar-refractivity contribution >= 4 is 22.9 Å². The Balaban J connectivity index is 2.33. The second-order valence-electron chi connectivity index (χ2n) is 2.94. The highest BCUT2D eigenvalue weighted by molar-refractivity contribution is 7.15. The number of hydrogen-bond acceptors (Lipinski definition) is 3. The molecule has 74 valence electrons. The summed E-state index contributed by atoms with van der Waals surface area (Å²) in [6.07, 6.45) is 2.54. The van der Waals surface area contributed by atoms with Crippen LogP contribution in [0.4, 0.5) is 0 Å². The summed E-state index contributed by atoms with van der Waals surface area (Å²) in [5.74, 6) is 1.47. The molecule has 4 heteroatoms. The molecule has 0 saturated heterocycles. The molecule has 0 amide bonds. The summed E-state index contributed by atoms with van der Waals surface area (Å²) in [5, 5.41) is 0.938. The standard InChI is InChI=1S/C10H10ClNOS/c1-7-9(4-5-11)14-10(12-7)8-3-2-6-13-8/h2-3,6H,4-5H2,1H3. The zero-order valence-electron chi connectivity index (χ0n) is 7.79. The van der Waals surface area contributed by atoms with Gasteiger partial charge in [0.25, 0.3) is 0 Å². The number of halogens is 1. The Morgan fingerprint density at radius 1 is 1.57 bits per heavy atom. The molecule has 0 aliphatic heterocycles. The van der Waals surface area contributed by atoms with Crippen LogP contribution in [0.3, 0.4) is 0 Å². The fraction of sp³-hybridized carbons (Fsp3) is 0.300. The van der Waals surface area contributed by atoms with Crippen molar-refractivity contribution in [3.8, 4) is 10.8 Å². The third kappa shape index (κ3) is 1.83. The van der Waals surface area contributed by atoms with Gasteiger partial charge >= 0.3 is 0 Å². The smallest absolute Gasteiger partial charge is 0.162 e. The summed E-state index contributed by atoms with van der Waals surface area (Å²) >= 11 is 7.35. The Labute approximate surface area is 91.5 Å². The van der Waals surface area contributed by atoms with Crippen LogP contribution in [0.15, 0.2) is 22.8 Å². The van der Waals surface area contributed by atoms with Gasteiger partial charge in [0, 0.05) is 10.8 Å². The Hall–Kier alpha value is -0.800. The molecule has 0 fully saturated rings. The number of hydrogen-bond donors (Lipinski definition) is 0. The van der Waals surface area contributed by atoms with E-state index in [1.54, 1.807) is 17.6 Å². The van der Waals surface area contributed by atoms with Gasteiger partial charge in [-0.3, -0.25) is 0 Å². The number of nitrogens with zero attached hydrogens (tertiary/aromatic N) is 1. The second-order valence-corrected chi connectivity index (χ2v) is 4.41. The van der Waals surface area contributed by atoms with Crippen LogP contribution in [0.25, 0.3) is 10.8 Å². The lowest BCUT2D eigenvalue weighted by atomic mass is 10.3. The van der Waals surface area contributed by atoms with Crippen molar-refractivity contribution in [1.29, 1.82) is 0 Å². The molecule has 0 aromatic carbocycles. The van der Waals surface area contributed by atoms with Gasteiger partial charge in [0.05, 0.1) is 12.0 Å². The van der Waals surface area contributed by atoms with Crippen LogP contribution >= 0.6 is 22.9 Å². The topological polar surface area (TPSA) is 26.0 Å². The van der Waals surface area contributed by atoms with Gasteiger partial charge < -0.3 is 4.42 Å². The third-order valence-corrected chi connectivity index (χ3v) is 3.37. The summed E-state index contributed by atoms with van der Waals surface area (Å²) in [5.41, 5.74) is 1.06. The van der Waals surface area contributed by atoms with E-state index in [2.05, 4.69) is 4.98 Å². The van der Waals surface area contributed by atoms with Gasteiger partial charge in [0.15, 0.2) is 10.8 Å². The fourth-order valence-corrected chi connectivity index (χ4v) is 2.58. The van der Waals surface area contributed by atoms with Crippen molar-refractivity contribution < 1.29 is 4.42 Å². The molecule has 0 atom stereocenters. The maximum atomic E-state index is 5.70. The lowest BCUT2D eigenvalue weighted by Crippen LogP contribution is -1.83. The first-order valence-electron chi connectivity index (χ1n) is 4.37. The van der Waals surface area contributed by atoms with E-state index >= 15 is 0 Å². The number of aromatic nitrogens is 1. The number of furan rings is 1. The minimum atomic E-state index is 0.640. The van der Waals surface area contributed by atoms with Gasteiger partial charge in [-0.15, -0.1) is 22.9 Å². The van der Waals surface area contributed by atoms with E-state index in [1.807, 2.05) is 19.1 Å². The predicted octanol–water partition coefficient (Wildman–Crippen LogP) is 3.49. The van der Waals surface area contributed by atoms with E-state index in [4.69, 9.17) is 16.0 Å². The van der Waals surface area contributed by atoms with E-state index < -0.39 is 0 Å². The van der Waals surface area contributed by atoms with Crippen molar-refractivity contribution in [2.45, 2.75) is 13.3 Å². The van der Waals surface area contributed by atoms with Crippen molar-refractivity contribution in [1.82, 2.24) is 4.98 Å². The molecule has 0 radical (unpaired) electrons. The highest BCUT2D eigenvalue weighted by Crippen LogP contribution is 2.28. The summed E-state index contributed by atoms with van der Waals surface area (Å²) in [7, 11) is 0. The lowest BCUT2D eigenvalue weighted by Gasteiger charge is -1.89. The largest absolute Gasteiger partial charge is 0.462 e. The summed E-state index contributed by atoms with van der Waals surface area (Å²) < 4.78 is 5.28. The predicted molar refractivity (Wildman–Crippen MR) is 59.0 cm³/mol. The fourth-order valence-electron chi connectivity index (χ4n) is 1.25. The van der Waals surface area contributed by atoms with Crippen LogP contribution < -0.4 is 0 Å². The Morgan fingerprint density at radius 2 is 2.43 bits per heavy atom. The first-order chi connectivity index (χ1) is 6.81. The van der Waals surface area contributed by atoms with Crippen LogP contribution in [0.2, 0.25) is 0 Å². The maximum absolute atomic E-state index is 5.70. The highest BCUT2D eigenvalue weighted by atomic mass is 35.5. The van der Waals surface area contributed by atoms with Crippen LogP contribution in [0.1, 0.15) is 10.6 Å². The quantitative estimate of drug-likeness (QED) is 0.751. The Kier molecular flexibility index (Phi) is 2.89. The molecule has 0 N–H and O–H groups in total. The number of alkyl halides is 1. The first-order valence-corrected chi connectivity index (χ1v) is 5.72. The first kappa shape index (κ1) is 9.74. The molecule has 0 saturated carbocycles. The molecule has 2 rings (SSSR count). The van der Waals surface area contributed by atoms with Crippen molar-refractivity contribution in [2.24, 2.45) is 0 Å². The number of aryl methyl sites for hydroxylation is 2. The second kappa shape index (κ2) is 4.15. The van der Waals surface area contributed by atoms with Gasteiger partial charge in [0.1, 0.15) is 0 Å². The van der Waals surface area contributed by atoms with Crippen LogP contribution in [-0.4, -0.2) is 10.9 Å². The van der Waals surface area contributed by atoms with E-state index in [0.717, 1.165) is 22.9 Å². The van der Waals surface area contributed by atoms with Gasteiger partial charge in [-0.05, 0) is 25.5 Å². The molecule has 0 spiro atoms. The van der Waals surface area contributed by atoms with Gasteiger partial charge in [-0.1, -0.05) is 0 Å². The van der Waals surface area contributed by atoms with E-state index in [0.29, 0.717) is 5.88 Å². The Morgan fingerprint density at radius 3 is 3.07 bits per heavy atom. The monoisotopic (exact) mass is 227 g/mol. The summed E-state index contributed by atoms with van der Waals surface area (Å²) in [4.78, 5) is 5.68. The van der Waals surface area contributed by atoms with E-state index in [1.165, 1.54) is 4.88 Å². The molecule has 0 bridgehead atoms. The Bertz CT molecular complexity index is 408. The van der Waals surface area contributed by atoms with Crippen LogP contribution in [0.5, 0.6) is 0 Å². The average Bonchev–Trinajstić information content (AvgIpc) is 2.76. The number of rotatable bonds is 3. The molecular formula is C10H10ClNOS. The van der Waals surface area contributed by atoms with E-state index in [9.17, 15) is 0 Å².